The molecule has 0 saturated heterocycles. The van der Waals surface area contributed by atoms with E-state index in [9.17, 15) is 4.79 Å². The molecule has 0 saturated carbocycles. The van der Waals surface area contributed by atoms with Crippen molar-refractivity contribution in [2.75, 3.05) is 13.6 Å². The van der Waals surface area contributed by atoms with E-state index in [-0.39, 0.29) is 36.0 Å². The zero-order chi connectivity index (χ0) is 15.0. The number of rotatable bonds is 6. The zero-order valence-corrected chi connectivity index (χ0v) is 15.3. The Morgan fingerprint density at radius 2 is 2.19 bits per heavy atom. The maximum atomic E-state index is 11.4. The third kappa shape index (κ3) is 7.88. The summed E-state index contributed by atoms with van der Waals surface area (Å²) in [6.07, 6.45) is 1.98. The van der Waals surface area contributed by atoms with Gasteiger partial charge in [-0.15, -0.1) is 24.0 Å². The fourth-order valence-electron chi connectivity index (χ4n) is 1.57. The van der Waals surface area contributed by atoms with Crippen LogP contribution in [0.25, 0.3) is 0 Å². The highest BCUT2D eigenvalue weighted by molar-refractivity contribution is 14.0. The summed E-state index contributed by atoms with van der Waals surface area (Å²) in [6.45, 7) is 4.77. The van der Waals surface area contributed by atoms with E-state index in [2.05, 4.69) is 20.7 Å². The summed E-state index contributed by atoms with van der Waals surface area (Å²) < 4.78 is 6.84. The normalized spacial score (nSPS) is 11.0. The van der Waals surface area contributed by atoms with Crippen molar-refractivity contribution in [1.82, 2.24) is 20.4 Å². The summed E-state index contributed by atoms with van der Waals surface area (Å²) in [5, 5.41) is 10.3. The molecule has 0 aliphatic carbocycles. The van der Waals surface area contributed by atoms with Gasteiger partial charge >= 0.3 is 5.97 Å². The molecule has 21 heavy (non-hydrogen) atoms. The molecule has 120 valence electrons. The average molecular weight is 409 g/mol. The number of guanidine groups is 1. The van der Waals surface area contributed by atoms with Gasteiger partial charge < -0.3 is 15.4 Å². The van der Waals surface area contributed by atoms with Crippen LogP contribution in [0.15, 0.2) is 17.3 Å². The maximum absolute atomic E-state index is 11.4. The lowest BCUT2D eigenvalue weighted by molar-refractivity contribution is -0.147. The van der Waals surface area contributed by atoms with Crippen LogP contribution < -0.4 is 10.6 Å². The first-order chi connectivity index (χ1) is 9.52. The predicted molar refractivity (Wildman–Crippen MR) is 92.7 cm³/mol. The van der Waals surface area contributed by atoms with E-state index in [0.29, 0.717) is 25.5 Å². The number of nitrogens with one attached hydrogen (secondary N) is 2. The van der Waals surface area contributed by atoms with Crippen LogP contribution in [0.4, 0.5) is 0 Å². The topological polar surface area (TPSA) is 80.5 Å². The first-order valence-electron chi connectivity index (χ1n) is 6.63. The summed E-state index contributed by atoms with van der Waals surface area (Å²) in [5.41, 5.74) is 1.05. The molecule has 0 spiro atoms. The number of aryl methyl sites for hydroxylation is 1. The summed E-state index contributed by atoms with van der Waals surface area (Å²) >= 11 is 0. The van der Waals surface area contributed by atoms with Crippen LogP contribution in [0.2, 0.25) is 0 Å². The number of carbonyl (C=O) groups excluding carboxylic acids is 1. The molecule has 0 fully saturated rings. The molecular formula is C13H24IN5O2. The Balaban J connectivity index is 0.00000400. The van der Waals surface area contributed by atoms with Crippen LogP contribution in [-0.2, 0) is 23.1 Å². The molecule has 0 aliphatic rings. The first-order valence-corrected chi connectivity index (χ1v) is 6.63. The molecule has 1 aromatic heterocycles. The van der Waals surface area contributed by atoms with Crippen molar-refractivity contribution in [3.63, 3.8) is 0 Å². The number of ether oxygens (including phenoxy) is 1. The highest BCUT2D eigenvalue weighted by Crippen LogP contribution is 1.95. The van der Waals surface area contributed by atoms with E-state index in [0.717, 1.165) is 5.69 Å². The summed E-state index contributed by atoms with van der Waals surface area (Å²) in [7, 11) is 3.57. The molecule has 0 unspecified atom stereocenters. The largest absolute Gasteiger partial charge is 0.463 e. The lowest BCUT2D eigenvalue weighted by atomic mass is 10.4. The fourth-order valence-corrected chi connectivity index (χ4v) is 1.57. The number of aliphatic imine (C=N–C) groups is 1. The molecule has 0 aromatic carbocycles. The minimum atomic E-state index is -0.213. The van der Waals surface area contributed by atoms with Crippen LogP contribution in [0.5, 0.6) is 0 Å². The Morgan fingerprint density at radius 3 is 2.71 bits per heavy atom. The first kappa shape index (κ1) is 19.7. The number of aromatic nitrogens is 2. The Labute approximate surface area is 142 Å². The van der Waals surface area contributed by atoms with Crippen LogP contribution in [0, 0.1) is 0 Å². The summed E-state index contributed by atoms with van der Waals surface area (Å²) in [4.78, 5) is 15.5. The number of carbonyl (C=O) groups is 1. The smallest absolute Gasteiger partial charge is 0.307 e. The molecule has 0 atom stereocenters. The number of halogens is 1. The quantitative estimate of drug-likeness (QED) is 0.318. The van der Waals surface area contributed by atoms with Crippen molar-refractivity contribution in [2.45, 2.75) is 32.9 Å². The van der Waals surface area contributed by atoms with Crippen LogP contribution in [0.1, 0.15) is 26.0 Å². The van der Waals surface area contributed by atoms with Gasteiger partial charge in [0.15, 0.2) is 5.96 Å². The van der Waals surface area contributed by atoms with Gasteiger partial charge in [-0.1, -0.05) is 0 Å². The SMILES string of the molecule is CN=C(NCCC(=O)OC(C)C)NCc1ccnn1C.I. The van der Waals surface area contributed by atoms with Crippen molar-refractivity contribution in [3.05, 3.63) is 18.0 Å². The van der Waals surface area contributed by atoms with Crippen molar-refractivity contribution >= 4 is 35.9 Å². The molecule has 1 aromatic rings. The van der Waals surface area contributed by atoms with Gasteiger partial charge in [-0.3, -0.25) is 14.5 Å². The summed E-state index contributed by atoms with van der Waals surface area (Å²) in [5.74, 6) is 0.429. The summed E-state index contributed by atoms with van der Waals surface area (Å²) in [6, 6.07) is 1.93. The van der Waals surface area contributed by atoms with Crippen molar-refractivity contribution in [1.29, 1.82) is 0 Å². The number of nitrogens with zero attached hydrogens (tertiary/aromatic N) is 3. The number of hydrogen-bond acceptors (Lipinski definition) is 4. The van der Waals surface area contributed by atoms with E-state index in [1.54, 1.807) is 17.9 Å². The third-order valence-corrected chi connectivity index (χ3v) is 2.57. The Hall–Kier alpha value is -1.32. The van der Waals surface area contributed by atoms with Gasteiger partial charge in [-0.05, 0) is 19.9 Å². The van der Waals surface area contributed by atoms with E-state index < -0.39 is 0 Å². The van der Waals surface area contributed by atoms with Crippen molar-refractivity contribution in [3.8, 4) is 0 Å². The van der Waals surface area contributed by atoms with Crippen LogP contribution in [-0.4, -0.2) is 41.4 Å². The molecule has 0 aliphatic heterocycles. The number of hydrogen-bond donors (Lipinski definition) is 2. The fraction of sp³-hybridized carbons (Fsp3) is 0.615. The molecule has 0 bridgehead atoms. The van der Waals surface area contributed by atoms with Gasteiger partial charge in [0.25, 0.3) is 0 Å². The molecule has 7 nitrogen and oxygen atoms in total. The molecule has 2 N–H and O–H groups in total. The molecule has 0 amide bonds. The lowest BCUT2D eigenvalue weighted by Gasteiger charge is -2.12. The highest BCUT2D eigenvalue weighted by Gasteiger charge is 2.06. The Bertz CT molecular complexity index is 459. The minimum absolute atomic E-state index is 0. The van der Waals surface area contributed by atoms with Crippen molar-refractivity contribution in [2.24, 2.45) is 12.0 Å². The van der Waals surface area contributed by atoms with Gasteiger partial charge in [0.2, 0.25) is 0 Å². The van der Waals surface area contributed by atoms with E-state index in [4.69, 9.17) is 4.74 Å². The van der Waals surface area contributed by atoms with Gasteiger partial charge in [0.1, 0.15) is 0 Å². The van der Waals surface area contributed by atoms with Crippen molar-refractivity contribution < 1.29 is 9.53 Å². The van der Waals surface area contributed by atoms with Gasteiger partial charge in [0.05, 0.1) is 24.8 Å². The highest BCUT2D eigenvalue weighted by atomic mass is 127. The minimum Gasteiger partial charge on any atom is -0.463 e. The molecule has 1 rings (SSSR count). The standard InChI is InChI=1S/C13H23N5O2.HI/c1-10(2)20-12(19)6-7-15-13(14-3)16-9-11-5-8-17-18(11)4;/h5,8,10H,6-7,9H2,1-4H3,(H2,14,15,16);1H. The Morgan fingerprint density at radius 1 is 1.48 bits per heavy atom. The van der Waals surface area contributed by atoms with E-state index in [1.165, 1.54) is 0 Å². The monoisotopic (exact) mass is 409 g/mol. The average Bonchev–Trinajstić information content (AvgIpc) is 2.78. The third-order valence-electron chi connectivity index (χ3n) is 2.57. The van der Waals surface area contributed by atoms with Gasteiger partial charge in [0, 0.05) is 26.8 Å². The second-order valence-electron chi connectivity index (χ2n) is 4.59. The van der Waals surface area contributed by atoms with Gasteiger partial charge in [-0.25, -0.2) is 0 Å². The van der Waals surface area contributed by atoms with E-state index in [1.807, 2.05) is 27.0 Å². The zero-order valence-electron chi connectivity index (χ0n) is 12.9. The second kappa shape index (κ2) is 10.4. The Kier molecular flexibility index (Phi) is 9.76. The molecule has 8 heteroatoms. The predicted octanol–water partition coefficient (Wildman–Crippen LogP) is 1.04. The molecule has 1 heterocycles. The van der Waals surface area contributed by atoms with Gasteiger partial charge in [-0.2, -0.15) is 5.10 Å². The maximum Gasteiger partial charge on any atom is 0.307 e. The lowest BCUT2D eigenvalue weighted by Crippen LogP contribution is -2.38. The van der Waals surface area contributed by atoms with Crippen LogP contribution >= 0.6 is 24.0 Å². The molecule has 0 radical (unpaired) electrons. The number of esters is 1. The van der Waals surface area contributed by atoms with E-state index >= 15 is 0 Å². The second-order valence-corrected chi connectivity index (χ2v) is 4.59. The molecular weight excluding hydrogens is 385 g/mol. The van der Waals surface area contributed by atoms with Crippen LogP contribution in [0.3, 0.4) is 0 Å².